The number of hydrogen-bond donors (Lipinski definition) is 2. The molecule has 0 bridgehead atoms. The van der Waals surface area contributed by atoms with Gasteiger partial charge in [0.2, 0.25) is 5.91 Å². The summed E-state index contributed by atoms with van der Waals surface area (Å²) < 4.78 is 6.20. The molecule has 0 spiro atoms. The molecular weight excluding hydrogens is 745 g/mol. The zero-order valence-corrected chi connectivity index (χ0v) is 33.3. The first-order valence-corrected chi connectivity index (χ1v) is 20.2. The molecule has 59 heavy (non-hydrogen) atoms. The molecule has 0 aromatic heterocycles. The fourth-order valence-electron chi connectivity index (χ4n) is 7.76. The number of nitrogens with zero attached hydrogens (tertiary/aromatic N) is 5. The molecule has 2 N–H and O–H groups in total. The average molecular weight is 795 g/mol. The number of carbonyl (C=O) groups excluding carboxylic acids is 3. The fourth-order valence-corrected chi connectivity index (χ4v) is 7.76. The quantitative estimate of drug-likeness (QED) is 0.121. The average Bonchev–Trinajstić information content (AvgIpc) is 3.78. The van der Waals surface area contributed by atoms with Crippen LogP contribution in [0.1, 0.15) is 36.0 Å². The van der Waals surface area contributed by atoms with Crippen molar-refractivity contribution in [3.63, 3.8) is 0 Å². The van der Waals surface area contributed by atoms with Crippen molar-refractivity contribution >= 4 is 41.1 Å². The van der Waals surface area contributed by atoms with Gasteiger partial charge < -0.3 is 25.0 Å². The van der Waals surface area contributed by atoms with Crippen LogP contribution in [0.3, 0.4) is 0 Å². The molecule has 12 nitrogen and oxygen atoms in total. The van der Waals surface area contributed by atoms with Crippen molar-refractivity contribution < 1.29 is 29.0 Å². The van der Waals surface area contributed by atoms with E-state index in [0.29, 0.717) is 79.3 Å². The molecule has 0 atom stereocenters. The van der Waals surface area contributed by atoms with Gasteiger partial charge in [-0.15, -0.1) is 0 Å². The Hall–Kier alpha value is -6.50. The van der Waals surface area contributed by atoms with Gasteiger partial charge in [0.1, 0.15) is 6.10 Å². The van der Waals surface area contributed by atoms with E-state index in [-0.39, 0.29) is 11.8 Å². The summed E-state index contributed by atoms with van der Waals surface area (Å²) in [5, 5.41) is 16.0. The minimum Gasteiger partial charge on any atom is -0.463 e. The van der Waals surface area contributed by atoms with Crippen molar-refractivity contribution in [2.45, 2.75) is 31.8 Å². The number of likely N-dealkylation sites (N-methyl/N-ethyl adjacent to an activating group) is 1. The van der Waals surface area contributed by atoms with Gasteiger partial charge in [-0.2, -0.15) is 10.0 Å². The molecule has 7 rings (SSSR count). The van der Waals surface area contributed by atoms with Crippen LogP contribution in [0.25, 0.3) is 22.3 Å². The number of hydrazine groups is 1. The molecule has 2 fully saturated rings. The molecular formula is C47H50N6O6. The third kappa shape index (κ3) is 10.2. The van der Waals surface area contributed by atoms with E-state index in [2.05, 4.69) is 15.1 Å². The third-order valence-corrected chi connectivity index (χ3v) is 10.8. The number of amides is 4. The van der Waals surface area contributed by atoms with E-state index in [1.165, 1.54) is 0 Å². The summed E-state index contributed by atoms with van der Waals surface area (Å²) in [7, 11) is 1.77. The number of likely N-dealkylation sites (tertiary alicyclic amines) is 2. The summed E-state index contributed by atoms with van der Waals surface area (Å²) in [4.78, 5) is 59.9. The van der Waals surface area contributed by atoms with Gasteiger partial charge in [-0.3, -0.25) is 14.5 Å². The summed E-state index contributed by atoms with van der Waals surface area (Å²) >= 11 is 0. The zero-order valence-electron chi connectivity index (χ0n) is 33.3. The van der Waals surface area contributed by atoms with Crippen LogP contribution in [0.4, 0.5) is 26.7 Å². The Balaban J connectivity index is 1.02. The number of rotatable bonds is 12. The van der Waals surface area contributed by atoms with Crippen LogP contribution in [0, 0.1) is 0 Å². The SMILES string of the molecule is CN(CCN1CCC(OC(=O)N(c2ccccc2-c2ccccc2)N(C(=O)O)c2ccccc2-c2ccccc2)CC1)C(=O)c1cccc(NC(=O)CN2CCCC2)c1. The van der Waals surface area contributed by atoms with Crippen LogP contribution in [-0.4, -0.2) is 103 Å². The van der Waals surface area contributed by atoms with Gasteiger partial charge in [0.05, 0.1) is 17.9 Å². The van der Waals surface area contributed by atoms with E-state index in [9.17, 15) is 24.3 Å². The summed E-state index contributed by atoms with van der Waals surface area (Å²) in [5.41, 5.74) is 4.65. The smallest absolute Gasteiger partial charge is 0.434 e. The molecule has 304 valence electrons. The first-order chi connectivity index (χ1) is 28.7. The maximum Gasteiger partial charge on any atom is 0.434 e. The Morgan fingerprint density at radius 1 is 0.678 bits per heavy atom. The van der Waals surface area contributed by atoms with E-state index in [1.54, 1.807) is 60.5 Å². The monoisotopic (exact) mass is 794 g/mol. The lowest BCUT2D eigenvalue weighted by molar-refractivity contribution is -0.117. The van der Waals surface area contributed by atoms with E-state index < -0.39 is 18.3 Å². The maximum atomic E-state index is 14.5. The van der Waals surface area contributed by atoms with Crippen molar-refractivity contribution in [3.8, 4) is 22.3 Å². The summed E-state index contributed by atoms with van der Waals surface area (Å²) in [6.45, 7) is 4.55. The molecule has 4 amide bonds. The minimum atomic E-state index is -1.35. The highest BCUT2D eigenvalue weighted by Crippen LogP contribution is 2.38. The van der Waals surface area contributed by atoms with E-state index >= 15 is 0 Å². The topological polar surface area (TPSA) is 126 Å². The Kier molecular flexibility index (Phi) is 13.3. The van der Waals surface area contributed by atoms with Gasteiger partial charge in [-0.25, -0.2) is 9.59 Å². The molecule has 2 saturated heterocycles. The van der Waals surface area contributed by atoms with E-state index in [1.807, 2.05) is 84.9 Å². The van der Waals surface area contributed by atoms with Gasteiger partial charge >= 0.3 is 12.2 Å². The Morgan fingerprint density at radius 2 is 1.24 bits per heavy atom. The van der Waals surface area contributed by atoms with Gasteiger partial charge in [-0.1, -0.05) is 103 Å². The standard InChI is InChI=1S/C47H50N6O6/c1-49(45(55)37-19-14-20-38(33-37)48-44(54)34-51-27-12-13-28-51)31-32-50-29-25-39(26-30-50)59-47(58)53(43-24-11-9-22-41(43)36-17-6-3-7-18-36)52(46(56)57)42-23-10-8-21-40(42)35-15-4-2-5-16-35/h2-11,14-24,33,39H,12-13,25-32,34H2,1H3,(H,48,54)(H,56,57). The number of anilines is 3. The van der Waals surface area contributed by atoms with Gasteiger partial charge in [0.25, 0.3) is 5.91 Å². The van der Waals surface area contributed by atoms with Crippen LogP contribution in [-0.2, 0) is 9.53 Å². The highest BCUT2D eigenvalue weighted by molar-refractivity contribution is 6.06. The lowest BCUT2D eigenvalue weighted by atomic mass is 10.0. The number of piperidine rings is 1. The molecule has 2 aliphatic rings. The van der Waals surface area contributed by atoms with Crippen LogP contribution in [0.15, 0.2) is 133 Å². The van der Waals surface area contributed by atoms with E-state index in [0.717, 1.165) is 47.1 Å². The van der Waals surface area contributed by atoms with Crippen LogP contribution in [0.2, 0.25) is 0 Å². The second kappa shape index (κ2) is 19.3. The molecule has 0 unspecified atom stereocenters. The van der Waals surface area contributed by atoms with Crippen LogP contribution < -0.4 is 15.3 Å². The molecule has 0 radical (unpaired) electrons. The second-order valence-corrected chi connectivity index (χ2v) is 14.9. The second-order valence-electron chi connectivity index (χ2n) is 14.9. The summed E-state index contributed by atoms with van der Waals surface area (Å²) in [5.74, 6) is -0.228. The van der Waals surface area contributed by atoms with Gasteiger partial charge in [-0.05, 0) is 80.2 Å². The van der Waals surface area contributed by atoms with Crippen molar-refractivity contribution in [2.75, 3.05) is 68.2 Å². The molecule has 0 aliphatic carbocycles. The number of carbonyl (C=O) groups is 4. The number of hydrogen-bond acceptors (Lipinski definition) is 7. The van der Waals surface area contributed by atoms with Crippen molar-refractivity contribution in [1.82, 2.24) is 14.7 Å². The first kappa shape index (κ1) is 40.7. The first-order valence-electron chi connectivity index (χ1n) is 20.2. The molecule has 5 aromatic rings. The molecule has 12 heteroatoms. The number of ether oxygens (including phenoxy) is 1. The van der Waals surface area contributed by atoms with Gasteiger partial charge in [0.15, 0.2) is 0 Å². The number of para-hydroxylation sites is 2. The Morgan fingerprint density at radius 3 is 1.83 bits per heavy atom. The van der Waals surface area contributed by atoms with Crippen LogP contribution in [0.5, 0.6) is 0 Å². The van der Waals surface area contributed by atoms with Crippen molar-refractivity contribution in [3.05, 3.63) is 139 Å². The maximum absolute atomic E-state index is 14.5. The molecule has 2 heterocycles. The summed E-state index contributed by atoms with van der Waals surface area (Å²) in [6.07, 6.45) is 0.658. The highest BCUT2D eigenvalue weighted by Gasteiger charge is 2.36. The lowest BCUT2D eigenvalue weighted by Gasteiger charge is -2.37. The van der Waals surface area contributed by atoms with Crippen molar-refractivity contribution in [1.29, 1.82) is 0 Å². The molecule has 0 saturated carbocycles. The number of carboxylic acid groups (broad SMARTS) is 1. The number of nitrogens with one attached hydrogen (secondary N) is 1. The third-order valence-electron chi connectivity index (χ3n) is 10.8. The number of benzene rings is 5. The highest BCUT2D eigenvalue weighted by atomic mass is 16.6. The van der Waals surface area contributed by atoms with Crippen molar-refractivity contribution in [2.24, 2.45) is 0 Å². The minimum absolute atomic E-state index is 0.0868. The normalized spacial score (nSPS) is 14.7. The van der Waals surface area contributed by atoms with Gasteiger partial charge in [0, 0.05) is 55.6 Å². The predicted molar refractivity (Wildman–Crippen MR) is 230 cm³/mol. The zero-order chi connectivity index (χ0) is 41.1. The largest absolute Gasteiger partial charge is 0.463 e. The molecule has 5 aromatic carbocycles. The predicted octanol–water partition coefficient (Wildman–Crippen LogP) is 8.33. The Bertz CT molecular complexity index is 2220. The van der Waals surface area contributed by atoms with Crippen LogP contribution >= 0.6 is 0 Å². The Labute approximate surface area is 345 Å². The fraction of sp³-hybridized carbons (Fsp3) is 0.277. The van der Waals surface area contributed by atoms with E-state index in [4.69, 9.17) is 4.74 Å². The lowest BCUT2D eigenvalue weighted by Crippen LogP contribution is -2.52. The summed E-state index contributed by atoms with van der Waals surface area (Å²) in [6, 6.07) is 40.3. The molecule has 2 aliphatic heterocycles.